The highest BCUT2D eigenvalue weighted by molar-refractivity contribution is 5.82. The van der Waals surface area contributed by atoms with E-state index in [9.17, 15) is 4.79 Å². The van der Waals surface area contributed by atoms with E-state index in [1.165, 1.54) is 0 Å². The molecule has 0 aliphatic heterocycles. The molecular weight excluding hydrogens is 240 g/mol. The molecule has 106 valence electrons. The Balaban J connectivity index is 2.74. The van der Waals surface area contributed by atoms with Gasteiger partial charge in [-0.05, 0) is 18.9 Å². The Hall–Kier alpha value is -1.55. The first-order valence-electron chi connectivity index (χ1n) is 6.70. The van der Waals surface area contributed by atoms with Gasteiger partial charge in [0.05, 0.1) is 19.2 Å². The van der Waals surface area contributed by atoms with Crippen molar-refractivity contribution >= 4 is 5.91 Å². The molecule has 0 radical (unpaired) electrons. The number of ether oxygens (including phenoxy) is 1. The summed E-state index contributed by atoms with van der Waals surface area (Å²) in [5, 5.41) is 2.94. The Bertz CT molecular complexity index is 420. The average molecular weight is 264 g/mol. The van der Waals surface area contributed by atoms with Crippen molar-refractivity contribution < 1.29 is 9.53 Å². The van der Waals surface area contributed by atoms with Crippen LogP contribution in [0.15, 0.2) is 24.3 Å². The van der Waals surface area contributed by atoms with Crippen molar-refractivity contribution in [3.05, 3.63) is 29.8 Å². The zero-order chi connectivity index (χ0) is 14.4. The molecule has 3 N–H and O–H groups in total. The maximum atomic E-state index is 12.0. The van der Waals surface area contributed by atoms with Crippen LogP contribution in [0.3, 0.4) is 0 Å². The number of amides is 1. The fraction of sp³-hybridized carbons (Fsp3) is 0.533. The molecule has 0 aliphatic rings. The first-order valence-corrected chi connectivity index (χ1v) is 6.70. The number of carbonyl (C=O) groups excluding carboxylic acids is 1. The molecule has 0 heterocycles. The third kappa shape index (κ3) is 3.96. The molecule has 1 aromatic carbocycles. The predicted octanol–water partition coefficient (Wildman–Crippen LogP) is 2.25. The number of methoxy groups -OCH3 is 1. The molecule has 0 fully saturated rings. The first-order chi connectivity index (χ1) is 9.01. The highest BCUT2D eigenvalue weighted by Crippen LogP contribution is 2.24. The van der Waals surface area contributed by atoms with Crippen LogP contribution in [0.5, 0.6) is 5.75 Å². The van der Waals surface area contributed by atoms with Crippen molar-refractivity contribution in [3.8, 4) is 5.75 Å². The molecule has 0 unspecified atom stereocenters. The average Bonchev–Trinajstić information content (AvgIpc) is 2.45. The van der Waals surface area contributed by atoms with Crippen molar-refractivity contribution in [2.75, 3.05) is 7.11 Å². The smallest absolute Gasteiger partial charge is 0.237 e. The summed E-state index contributed by atoms with van der Waals surface area (Å²) >= 11 is 0. The van der Waals surface area contributed by atoms with Gasteiger partial charge in [0.1, 0.15) is 5.75 Å². The highest BCUT2D eigenvalue weighted by Gasteiger charge is 2.22. The summed E-state index contributed by atoms with van der Waals surface area (Å²) in [7, 11) is 1.62. The van der Waals surface area contributed by atoms with Crippen molar-refractivity contribution in [2.24, 2.45) is 11.7 Å². The van der Waals surface area contributed by atoms with Gasteiger partial charge in [-0.2, -0.15) is 0 Å². The van der Waals surface area contributed by atoms with Crippen LogP contribution in [0.25, 0.3) is 0 Å². The van der Waals surface area contributed by atoms with Gasteiger partial charge < -0.3 is 15.8 Å². The van der Waals surface area contributed by atoms with E-state index < -0.39 is 6.04 Å². The number of nitrogens with one attached hydrogen (secondary N) is 1. The quantitative estimate of drug-likeness (QED) is 0.828. The molecule has 4 heteroatoms. The third-order valence-corrected chi connectivity index (χ3v) is 3.52. The number of nitrogens with two attached hydrogens (primary N) is 1. The van der Waals surface area contributed by atoms with Crippen LogP contribution in [-0.4, -0.2) is 19.1 Å². The van der Waals surface area contributed by atoms with Gasteiger partial charge in [0.2, 0.25) is 5.91 Å². The van der Waals surface area contributed by atoms with E-state index in [0.29, 0.717) is 0 Å². The fourth-order valence-electron chi connectivity index (χ4n) is 1.92. The normalized spacial score (nSPS) is 15.4. The van der Waals surface area contributed by atoms with Crippen molar-refractivity contribution in [3.63, 3.8) is 0 Å². The molecular formula is C15H24N2O2. The summed E-state index contributed by atoms with van der Waals surface area (Å²) in [6, 6.07) is 7.06. The summed E-state index contributed by atoms with van der Waals surface area (Å²) in [6.07, 6.45) is 0.887. The van der Waals surface area contributed by atoms with Crippen molar-refractivity contribution in [2.45, 2.75) is 39.3 Å². The molecule has 0 spiro atoms. The number of para-hydroxylation sites is 1. The Labute approximate surface area is 115 Å². The second-order valence-electron chi connectivity index (χ2n) is 4.88. The third-order valence-electron chi connectivity index (χ3n) is 3.52. The number of hydrogen-bond donors (Lipinski definition) is 2. The van der Waals surface area contributed by atoms with Gasteiger partial charge in [-0.1, -0.05) is 38.5 Å². The van der Waals surface area contributed by atoms with Gasteiger partial charge in [-0.3, -0.25) is 4.79 Å². The van der Waals surface area contributed by atoms with E-state index in [1.807, 2.05) is 45.0 Å². The SMILES string of the molecule is CC[C@H](C)[C@H](N)C(=O)N[C@H](C)c1ccccc1OC. The molecule has 4 nitrogen and oxygen atoms in total. The monoisotopic (exact) mass is 264 g/mol. The van der Waals surface area contributed by atoms with Crippen LogP contribution in [0.4, 0.5) is 0 Å². The van der Waals surface area contributed by atoms with E-state index in [0.717, 1.165) is 17.7 Å². The van der Waals surface area contributed by atoms with Gasteiger partial charge in [-0.25, -0.2) is 0 Å². The fourth-order valence-corrected chi connectivity index (χ4v) is 1.92. The molecule has 0 saturated heterocycles. The topological polar surface area (TPSA) is 64.4 Å². The van der Waals surface area contributed by atoms with Crippen LogP contribution in [0, 0.1) is 5.92 Å². The Morgan fingerprint density at radius 2 is 2.00 bits per heavy atom. The molecule has 0 saturated carbocycles. The standard InChI is InChI=1S/C15H24N2O2/c1-5-10(2)14(16)15(18)17-11(3)12-8-6-7-9-13(12)19-4/h6-11,14H,5,16H2,1-4H3,(H,17,18)/t10-,11+,14-/m0/s1. The Morgan fingerprint density at radius 1 is 1.37 bits per heavy atom. The van der Waals surface area contributed by atoms with E-state index >= 15 is 0 Å². The Kier molecular flexibility index (Phi) is 5.83. The molecule has 1 aromatic rings. The largest absolute Gasteiger partial charge is 0.496 e. The molecule has 0 bridgehead atoms. The maximum absolute atomic E-state index is 12.0. The van der Waals surface area contributed by atoms with Gasteiger partial charge in [0.15, 0.2) is 0 Å². The number of carbonyl (C=O) groups is 1. The maximum Gasteiger partial charge on any atom is 0.237 e. The van der Waals surface area contributed by atoms with E-state index in [-0.39, 0.29) is 17.9 Å². The van der Waals surface area contributed by atoms with Crippen molar-refractivity contribution in [1.82, 2.24) is 5.32 Å². The van der Waals surface area contributed by atoms with Crippen LogP contribution in [0.1, 0.15) is 38.8 Å². The molecule has 1 rings (SSSR count). The lowest BCUT2D eigenvalue weighted by Gasteiger charge is -2.22. The summed E-state index contributed by atoms with van der Waals surface area (Å²) in [6.45, 7) is 5.94. The second kappa shape index (κ2) is 7.14. The minimum atomic E-state index is -0.470. The van der Waals surface area contributed by atoms with Crippen molar-refractivity contribution in [1.29, 1.82) is 0 Å². The zero-order valence-corrected chi connectivity index (χ0v) is 12.1. The van der Waals surface area contributed by atoms with Gasteiger partial charge in [-0.15, -0.1) is 0 Å². The van der Waals surface area contributed by atoms with Crippen LogP contribution in [0.2, 0.25) is 0 Å². The van der Waals surface area contributed by atoms with Crippen LogP contribution in [-0.2, 0) is 4.79 Å². The van der Waals surface area contributed by atoms with Crippen LogP contribution < -0.4 is 15.8 Å². The second-order valence-corrected chi connectivity index (χ2v) is 4.88. The number of rotatable bonds is 6. The summed E-state index contributed by atoms with van der Waals surface area (Å²) in [5.74, 6) is 0.824. The molecule has 0 aromatic heterocycles. The number of benzene rings is 1. The van der Waals surface area contributed by atoms with Gasteiger partial charge >= 0.3 is 0 Å². The lowest BCUT2D eigenvalue weighted by molar-refractivity contribution is -0.124. The molecule has 3 atom stereocenters. The minimum absolute atomic E-state index is 0.118. The summed E-state index contributed by atoms with van der Waals surface area (Å²) < 4.78 is 5.29. The first kappa shape index (κ1) is 15.5. The zero-order valence-electron chi connectivity index (χ0n) is 12.1. The molecule has 19 heavy (non-hydrogen) atoms. The Morgan fingerprint density at radius 3 is 2.58 bits per heavy atom. The van der Waals surface area contributed by atoms with Gasteiger partial charge in [0, 0.05) is 5.56 Å². The lowest BCUT2D eigenvalue weighted by atomic mass is 9.98. The van der Waals surface area contributed by atoms with Crippen LogP contribution >= 0.6 is 0 Å². The lowest BCUT2D eigenvalue weighted by Crippen LogP contribution is -2.45. The minimum Gasteiger partial charge on any atom is -0.496 e. The summed E-state index contributed by atoms with van der Waals surface area (Å²) in [5.41, 5.74) is 6.88. The predicted molar refractivity (Wildman–Crippen MR) is 77.0 cm³/mol. The summed E-state index contributed by atoms with van der Waals surface area (Å²) in [4.78, 5) is 12.0. The molecule has 0 aliphatic carbocycles. The molecule has 1 amide bonds. The number of hydrogen-bond acceptors (Lipinski definition) is 3. The van der Waals surface area contributed by atoms with E-state index in [1.54, 1.807) is 7.11 Å². The van der Waals surface area contributed by atoms with Gasteiger partial charge in [0.25, 0.3) is 0 Å². The van der Waals surface area contributed by atoms with E-state index in [4.69, 9.17) is 10.5 Å². The highest BCUT2D eigenvalue weighted by atomic mass is 16.5. The van der Waals surface area contributed by atoms with E-state index in [2.05, 4.69) is 5.32 Å².